The van der Waals surface area contributed by atoms with Crippen LogP contribution in [0.1, 0.15) is 26.3 Å². The first-order valence-electron chi connectivity index (χ1n) is 4.94. The highest BCUT2D eigenvalue weighted by molar-refractivity contribution is 6.14. The van der Waals surface area contributed by atoms with E-state index in [4.69, 9.17) is 0 Å². The van der Waals surface area contributed by atoms with Crippen LogP contribution in [0.4, 0.5) is 5.69 Å². The Morgan fingerprint density at radius 3 is 2.60 bits per heavy atom. The van der Waals surface area contributed by atoms with Gasteiger partial charge >= 0.3 is 0 Å². The zero-order chi connectivity index (χ0) is 11.0. The zero-order valence-electron chi connectivity index (χ0n) is 8.80. The van der Waals surface area contributed by atoms with Gasteiger partial charge in [-0.2, -0.15) is 5.10 Å². The first-order valence-corrected chi connectivity index (χ1v) is 4.94. The van der Waals surface area contributed by atoms with Crippen molar-refractivity contribution in [3.8, 4) is 0 Å². The number of amides is 1. The highest BCUT2D eigenvalue weighted by atomic mass is 16.2. The maximum atomic E-state index is 11.4. The average molecular weight is 207 g/mol. The number of aromatic nitrogens is 2. The molecular formula is C10H13N3O2. The van der Waals surface area contributed by atoms with Crippen molar-refractivity contribution in [1.82, 2.24) is 9.78 Å². The van der Waals surface area contributed by atoms with E-state index in [1.807, 2.05) is 13.8 Å². The van der Waals surface area contributed by atoms with Crippen molar-refractivity contribution in [2.75, 3.05) is 11.4 Å². The molecule has 0 saturated carbocycles. The summed E-state index contributed by atoms with van der Waals surface area (Å²) in [5.74, 6) is -0.166. The van der Waals surface area contributed by atoms with Crippen molar-refractivity contribution in [1.29, 1.82) is 0 Å². The molecule has 0 atom stereocenters. The maximum absolute atomic E-state index is 11.4. The van der Waals surface area contributed by atoms with E-state index in [9.17, 15) is 9.59 Å². The predicted octanol–water partition coefficient (Wildman–Crippen LogP) is 0.770. The normalized spacial score (nSPS) is 16.9. The predicted molar refractivity (Wildman–Crippen MR) is 54.6 cm³/mol. The van der Waals surface area contributed by atoms with E-state index in [1.54, 1.807) is 17.1 Å². The van der Waals surface area contributed by atoms with Gasteiger partial charge in [0.2, 0.25) is 5.91 Å². The minimum absolute atomic E-state index is 0.0207. The summed E-state index contributed by atoms with van der Waals surface area (Å²) in [5.41, 5.74) is 0.708. The lowest BCUT2D eigenvalue weighted by Gasteiger charge is -2.11. The third kappa shape index (κ3) is 1.77. The molecule has 5 nitrogen and oxygen atoms in total. The van der Waals surface area contributed by atoms with Gasteiger partial charge in [-0.15, -0.1) is 0 Å². The van der Waals surface area contributed by atoms with E-state index in [-0.39, 0.29) is 30.7 Å². The lowest BCUT2D eigenvalue weighted by molar-refractivity contribution is -0.121. The Kier molecular flexibility index (Phi) is 2.30. The summed E-state index contributed by atoms with van der Waals surface area (Å²) < 4.78 is 1.77. The molecule has 5 heteroatoms. The summed E-state index contributed by atoms with van der Waals surface area (Å²) in [5, 5.41) is 4.13. The highest BCUT2D eigenvalue weighted by Crippen LogP contribution is 2.20. The second kappa shape index (κ2) is 3.49. The quantitative estimate of drug-likeness (QED) is 0.673. The summed E-state index contributed by atoms with van der Waals surface area (Å²) >= 11 is 0. The first kappa shape index (κ1) is 9.89. The van der Waals surface area contributed by atoms with Gasteiger partial charge < -0.3 is 4.90 Å². The van der Waals surface area contributed by atoms with Crippen LogP contribution in [0, 0.1) is 0 Å². The maximum Gasteiger partial charge on any atom is 0.235 e. The van der Waals surface area contributed by atoms with Gasteiger partial charge in [-0.25, -0.2) is 0 Å². The number of hydrogen-bond acceptors (Lipinski definition) is 3. The number of carbonyl (C=O) groups is 2. The molecule has 0 unspecified atom stereocenters. The van der Waals surface area contributed by atoms with Crippen molar-refractivity contribution < 1.29 is 9.59 Å². The van der Waals surface area contributed by atoms with Gasteiger partial charge in [0.25, 0.3) is 0 Å². The molecule has 0 aromatic carbocycles. The van der Waals surface area contributed by atoms with Crippen molar-refractivity contribution in [3.63, 3.8) is 0 Å². The van der Waals surface area contributed by atoms with Gasteiger partial charge in [0.15, 0.2) is 5.78 Å². The lowest BCUT2D eigenvalue weighted by Crippen LogP contribution is -2.24. The number of carbonyl (C=O) groups excluding carboxylic acids is 2. The Balaban J connectivity index is 2.23. The Labute approximate surface area is 87.7 Å². The van der Waals surface area contributed by atoms with Crippen LogP contribution >= 0.6 is 0 Å². The van der Waals surface area contributed by atoms with Crippen LogP contribution in [0.15, 0.2) is 12.4 Å². The van der Waals surface area contributed by atoms with Crippen molar-refractivity contribution in [3.05, 3.63) is 12.4 Å². The van der Waals surface area contributed by atoms with Crippen molar-refractivity contribution in [2.24, 2.45) is 0 Å². The molecule has 1 fully saturated rings. The van der Waals surface area contributed by atoms with E-state index in [2.05, 4.69) is 5.10 Å². The number of ketones is 1. The van der Waals surface area contributed by atoms with Gasteiger partial charge in [-0.3, -0.25) is 14.3 Å². The second-order valence-corrected chi connectivity index (χ2v) is 3.97. The molecule has 0 radical (unpaired) electrons. The molecule has 80 valence electrons. The summed E-state index contributed by atoms with van der Waals surface area (Å²) in [7, 11) is 0. The molecule has 1 amide bonds. The molecular weight excluding hydrogens is 194 g/mol. The number of Topliss-reactive ketones (excluding diaryl/α,β-unsaturated/α-hetero) is 1. The van der Waals surface area contributed by atoms with Gasteiger partial charge in [-0.1, -0.05) is 0 Å². The van der Waals surface area contributed by atoms with Gasteiger partial charge in [0.05, 0.1) is 24.8 Å². The third-order valence-electron chi connectivity index (χ3n) is 2.41. The fraction of sp³-hybridized carbons (Fsp3) is 0.500. The third-order valence-corrected chi connectivity index (χ3v) is 2.41. The zero-order valence-corrected chi connectivity index (χ0v) is 8.80. The Hall–Kier alpha value is -1.65. The van der Waals surface area contributed by atoms with Crippen molar-refractivity contribution in [2.45, 2.75) is 26.3 Å². The smallest absolute Gasteiger partial charge is 0.235 e. The Bertz CT molecular complexity index is 409. The first-order chi connectivity index (χ1) is 7.08. The number of nitrogens with zero attached hydrogens (tertiary/aromatic N) is 3. The Morgan fingerprint density at radius 2 is 2.13 bits per heavy atom. The monoisotopic (exact) mass is 207 g/mol. The van der Waals surface area contributed by atoms with Crippen LogP contribution in [-0.2, 0) is 9.59 Å². The van der Waals surface area contributed by atoms with Gasteiger partial charge in [-0.05, 0) is 13.8 Å². The molecule has 2 rings (SSSR count). The van der Waals surface area contributed by atoms with Crippen molar-refractivity contribution >= 4 is 17.4 Å². The lowest BCUT2D eigenvalue weighted by atomic mass is 10.3. The fourth-order valence-corrected chi connectivity index (χ4v) is 1.57. The minimum atomic E-state index is -0.136. The molecule has 0 spiro atoms. The van der Waals surface area contributed by atoms with Crippen LogP contribution in [0.3, 0.4) is 0 Å². The topological polar surface area (TPSA) is 55.2 Å². The molecule has 1 aliphatic heterocycles. The second-order valence-electron chi connectivity index (χ2n) is 3.97. The average Bonchev–Trinajstić information content (AvgIpc) is 2.71. The molecule has 1 aromatic heterocycles. The highest BCUT2D eigenvalue weighted by Gasteiger charge is 2.29. The van der Waals surface area contributed by atoms with Crippen LogP contribution in [-0.4, -0.2) is 28.0 Å². The molecule has 0 N–H and O–H groups in total. The van der Waals surface area contributed by atoms with Crippen LogP contribution in [0.5, 0.6) is 0 Å². The molecule has 1 aliphatic rings. The molecule has 0 bridgehead atoms. The van der Waals surface area contributed by atoms with E-state index in [1.165, 1.54) is 4.90 Å². The SMILES string of the molecule is CC(C)n1cc(N2CC(=O)CC2=O)cn1. The fourth-order valence-electron chi connectivity index (χ4n) is 1.57. The summed E-state index contributed by atoms with van der Waals surface area (Å²) in [4.78, 5) is 24.0. The molecule has 1 saturated heterocycles. The van der Waals surface area contributed by atoms with Crippen LogP contribution < -0.4 is 4.90 Å². The van der Waals surface area contributed by atoms with E-state index in [0.29, 0.717) is 5.69 Å². The summed E-state index contributed by atoms with van der Waals surface area (Å²) in [6.45, 7) is 4.20. The van der Waals surface area contributed by atoms with E-state index >= 15 is 0 Å². The Morgan fingerprint density at radius 1 is 1.40 bits per heavy atom. The van der Waals surface area contributed by atoms with Gasteiger partial charge in [0.1, 0.15) is 0 Å². The molecule has 0 aliphatic carbocycles. The van der Waals surface area contributed by atoms with E-state index in [0.717, 1.165) is 0 Å². The standard InChI is InChI=1S/C10H13N3O2/c1-7(2)13-5-8(4-11-13)12-6-9(14)3-10(12)15/h4-5,7H,3,6H2,1-2H3. The molecule has 15 heavy (non-hydrogen) atoms. The van der Waals surface area contributed by atoms with Crippen LogP contribution in [0.25, 0.3) is 0 Å². The number of anilines is 1. The molecule has 1 aromatic rings. The largest absolute Gasteiger partial charge is 0.302 e. The van der Waals surface area contributed by atoms with E-state index < -0.39 is 0 Å². The number of rotatable bonds is 2. The molecule has 2 heterocycles. The summed E-state index contributed by atoms with van der Waals surface area (Å²) in [6.07, 6.45) is 3.44. The minimum Gasteiger partial charge on any atom is -0.302 e. The summed E-state index contributed by atoms with van der Waals surface area (Å²) in [6, 6.07) is 0.257. The van der Waals surface area contributed by atoms with Gasteiger partial charge in [0, 0.05) is 12.2 Å². The van der Waals surface area contributed by atoms with Crippen LogP contribution in [0.2, 0.25) is 0 Å². The number of hydrogen-bond donors (Lipinski definition) is 0.